The molecule has 2 heterocycles. The van der Waals surface area contributed by atoms with Crippen molar-refractivity contribution >= 4 is 46.2 Å². The maximum Gasteiger partial charge on any atom is 0.266 e. The van der Waals surface area contributed by atoms with E-state index in [-0.39, 0.29) is 18.4 Å². The third-order valence-electron chi connectivity index (χ3n) is 4.63. The molecule has 1 aromatic rings. The molecule has 1 N–H and O–H groups in total. The van der Waals surface area contributed by atoms with E-state index in [4.69, 9.17) is 17.0 Å². The van der Waals surface area contributed by atoms with Crippen molar-refractivity contribution in [1.29, 1.82) is 0 Å². The van der Waals surface area contributed by atoms with Gasteiger partial charge in [0, 0.05) is 0 Å². The molecule has 0 unspecified atom stereocenters. The lowest BCUT2D eigenvalue weighted by Gasteiger charge is -2.31. The van der Waals surface area contributed by atoms with Gasteiger partial charge in [0.1, 0.15) is 16.6 Å². The van der Waals surface area contributed by atoms with Gasteiger partial charge in [0.05, 0.1) is 44.7 Å². The number of hydrogen-bond acceptors (Lipinski definition) is 5. The van der Waals surface area contributed by atoms with Gasteiger partial charge in [-0.05, 0) is 30.7 Å². The minimum absolute atomic E-state index is 0.0182. The van der Waals surface area contributed by atoms with E-state index < -0.39 is 0 Å². The zero-order valence-corrected chi connectivity index (χ0v) is 17.2. The Kier molecular flexibility index (Phi) is 6.51. The van der Waals surface area contributed by atoms with Crippen LogP contribution in [-0.4, -0.2) is 72.3 Å². The van der Waals surface area contributed by atoms with Gasteiger partial charge in [-0.25, -0.2) is 0 Å². The summed E-state index contributed by atoms with van der Waals surface area (Å²) < 4.78 is 5.86. The molecule has 6 nitrogen and oxygen atoms in total. The Labute approximate surface area is 169 Å². The molecule has 0 aliphatic carbocycles. The molecule has 0 saturated carbocycles. The molecule has 1 aromatic carbocycles. The Morgan fingerprint density at radius 2 is 1.96 bits per heavy atom. The molecule has 0 atom stereocenters. The predicted octanol–water partition coefficient (Wildman–Crippen LogP) is 0.643. The number of thiocarbonyl (C=S) groups is 1. The average Bonchev–Trinajstić information content (AvgIpc) is 2.91. The lowest BCUT2D eigenvalue weighted by molar-refractivity contribution is -0.883. The van der Waals surface area contributed by atoms with Crippen LogP contribution in [0.2, 0.25) is 0 Å². The number of piperazine rings is 1. The first-order valence-corrected chi connectivity index (χ1v) is 10.3. The van der Waals surface area contributed by atoms with Crippen molar-refractivity contribution in [2.24, 2.45) is 0 Å². The summed E-state index contributed by atoms with van der Waals surface area (Å²) >= 11 is 6.58. The Hall–Kier alpha value is -1.90. The topological polar surface area (TPSA) is 54.3 Å². The number of ether oxygens (including phenoxy) is 1. The number of nitrogens with zero attached hydrogens (tertiary/aromatic N) is 2. The molecule has 2 saturated heterocycles. The highest BCUT2D eigenvalue weighted by molar-refractivity contribution is 8.26. The van der Waals surface area contributed by atoms with E-state index in [0.29, 0.717) is 15.8 Å². The largest absolute Gasteiger partial charge is 0.494 e. The van der Waals surface area contributed by atoms with Crippen molar-refractivity contribution in [2.75, 3.05) is 46.4 Å². The molecular weight excluding hydrogens is 382 g/mol. The van der Waals surface area contributed by atoms with Crippen molar-refractivity contribution < 1.29 is 19.2 Å². The monoisotopic (exact) mass is 406 g/mol. The fourth-order valence-electron chi connectivity index (χ4n) is 2.99. The van der Waals surface area contributed by atoms with Crippen LogP contribution in [0.4, 0.5) is 0 Å². The molecule has 0 spiro atoms. The predicted molar refractivity (Wildman–Crippen MR) is 111 cm³/mol. The van der Waals surface area contributed by atoms with Crippen molar-refractivity contribution in [3.8, 4) is 5.75 Å². The summed E-state index contributed by atoms with van der Waals surface area (Å²) in [6, 6.07) is 7.54. The first kappa shape index (κ1) is 19.9. The van der Waals surface area contributed by atoms with Gasteiger partial charge in [-0.1, -0.05) is 36.1 Å². The summed E-state index contributed by atoms with van der Waals surface area (Å²) in [4.78, 5) is 30.4. The normalized spacial score (nSPS) is 19.9. The molecular formula is C19H24N3O3S2+. The van der Waals surface area contributed by atoms with E-state index in [2.05, 4.69) is 7.05 Å². The summed E-state index contributed by atoms with van der Waals surface area (Å²) in [7, 11) is 2.12. The number of nitrogens with one attached hydrogen (secondary N) is 1. The molecule has 8 heteroatoms. The Morgan fingerprint density at radius 1 is 1.30 bits per heavy atom. The number of likely N-dealkylation sites (N-methyl/N-ethyl adjacent to an activating group) is 1. The molecule has 27 heavy (non-hydrogen) atoms. The number of benzene rings is 1. The molecule has 2 aliphatic heterocycles. The van der Waals surface area contributed by atoms with E-state index in [0.717, 1.165) is 37.5 Å². The third-order valence-corrected chi connectivity index (χ3v) is 6.00. The fourth-order valence-corrected chi connectivity index (χ4v) is 4.24. The number of thioether (sulfide) groups is 1. The number of amides is 2. The SMILES string of the molecule is CCOc1ccc(/C=C2\SC(=S)N(CC(=O)N3CC[NH+](C)CC3)C2=O)cc1. The smallest absolute Gasteiger partial charge is 0.266 e. The van der Waals surface area contributed by atoms with E-state index in [1.165, 1.54) is 21.6 Å². The second-order valence-corrected chi connectivity index (χ2v) is 8.28. The minimum Gasteiger partial charge on any atom is -0.494 e. The van der Waals surface area contributed by atoms with Crippen LogP contribution >= 0.6 is 24.0 Å². The van der Waals surface area contributed by atoms with Crippen molar-refractivity contribution in [1.82, 2.24) is 9.80 Å². The van der Waals surface area contributed by atoms with E-state index in [1.54, 1.807) is 6.08 Å². The molecule has 2 aliphatic rings. The van der Waals surface area contributed by atoms with Crippen molar-refractivity contribution in [3.63, 3.8) is 0 Å². The quantitative estimate of drug-likeness (QED) is 0.575. The van der Waals surface area contributed by atoms with Crippen LogP contribution in [0, 0.1) is 0 Å². The molecule has 0 bridgehead atoms. The molecule has 2 fully saturated rings. The summed E-state index contributed by atoms with van der Waals surface area (Å²) in [5.41, 5.74) is 0.896. The van der Waals surface area contributed by atoms with Crippen LogP contribution in [-0.2, 0) is 9.59 Å². The standard InChI is InChI=1S/C19H23N3O3S2/c1-3-25-15-6-4-14(5-7-15)12-16-18(24)22(19(26)27-16)13-17(23)21-10-8-20(2)9-11-21/h4-7,12H,3,8-11,13H2,1-2H3/p+1/b16-12-. The minimum atomic E-state index is -0.202. The highest BCUT2D eigenvalue weighted by atomic mass is 32.2. The summed E-state index contributed by atoms with van der Waals surface area (Å²) in [6.07, 6.45) is 1.80. The van der Waals surface area contributed by atoms with Gasteiger partial charge in [-0.3, -0.25) is 14.5 Å². The van der Waals surface area contributed by atoms with Crippen LogP contribution in [0.5, 0.6) is 5.75 Å². The van der Waals surface area contributed by atoms with Gasteiger partial charge in [0.25, 0.3) is 5.91 Å². The molecule has 0 aromatic heterocycles. The number of hydrogen-bond donors (Lipinski definition) is 1. The van der Waals surface area contributed by atoms with Crippen molar-refractivity contribution in [3.05, 3.63) is 34.7 Å². The lowest BCUT2D eigenvalue weighted by atomic mass is 10.2. The fraction of sp³-hybridized carbons (Fsp3) is 0.421. The second kappa shape index (κ2) is 8.86. The Morgan fingerprint density at radius 3 is 2.59 bits per heavy atom. The zero-order valence-electron chi connectivity index (χ0n) is 15.6. The second-order valence-electron chi connectivity index (χ2n) is 6.61. The Bertz CT molecular complexity index is 756. The third kappa shape index (κ3) is 4.88. The van der Waals surface area contributed by atoms with E-state index in [1.807, 2.05) is 36.1 Å². The summed E-state index contributed by atoms with van der Waals surface area (Å²) in [5, 5.41) is 0. The van der Waals surface area contributed by atoms with Gasteiger partial charge < -0.3 is 14.5 Å². The number of rotatable bonds is 5. The molecule has 144 valence electrons. The van der Waals surface area contributed by atoms with E-state index in [9.17, 15) is 9.59 Å². The van der Waals surface area contributed by atoms with Crippen LogP contribution < -0.4 is 9.64 Å². The van der Waals surface area contributed by atoms with Gasteiger partial charge in [-0.2, -0.15) is 0 Å². The first-order chi connectivity index (χ1) is 13.0. The maximum absolute atomic E-state index is 12.7. The number of carbonyl (C=O) groups is 2. The number of quaternary nitrogens is 1. The molecule has 3 rings (SSSR count). The maximum atomic E-state index is 12.7. The highest BCUT2D eigenvalue weighted by Gasteiger charge is 2.35. The molecule has 2 amide bonds. The summed E-state index contributed by atoms with van der Waals surface area (Å²) in [5.74, 6) is 0.551. The first-order valence-electron chi connectivity index (χ1n) is 9.05. The summed E-state index contributed by atoms with van der Waals surface area (Å²) in [6.45, 7) is 5.88. The molecule has 0 radical (unpaired) electrons. The van der Waals surface area contributed by atoms with Gasteiger partial charge in [0.15, 0.2) is 0 Å². The zero-order chi connectivity index (χ0) is 19.4. The van der Waals surface area contributed by atoms with Crippen LogP contribution in [0.3, 0.4) is 0 Å². The van der Waals surface area contributed by atoms with Crippen LogP contribution in [0.15, 0.2) is 29.2 Å². The van der Waals surface area contributed by atoms with Gasteiger partial charge in [0.2, 0.25) is 5.91 Å². The Balaban J connectivity index is 1.64. The van der Waals surface area contributed by atoms with E-state index >= 15 is 0 Å². The number of carbonyl (C=O) groups excluding carboxylic acids is 2. The van der Waals surface area contributed by atoms with Crippen LogP contribution in [0.25, 0.3) is 6.08 Å². The van der Waals surface area contributed by atoms with Crippen molar-refractivity contribution in [2.45, 2.75) is 6.92 Å². The van der Waals surface area contributed by atoms with Gasteiger partial charge >= 0.3 is 0 Å². The average molecular weight is 407 g/mol. The lowest BCUT2D eigenvalue weighted by Crippen LogP contribution is -3.12. The highest BCUT2D eigenvalue weighted by Crippen LogP contribution is 2.32. The van der Waals surface area contributed by atoms with Gasteiger partial charge in [-0.15, -0.1) is 0 Å². The van der Waals surface area contributed by atoms with Crippen LogP contribution in [0.1, 0.15) is 12.5 Å².